The molecule has 1 aliphatic heterocycles. The minimum absolute atomic E-state index is 0.0311. The Hall–Kier alpha value is -1.75. The maximum absolute atomic E-state index is 13.4. The Bertz CT molecular complexity index is 727. The summed E-state index contributed by atoms with van der Waals surface area (Å²) in [4.78, 5) is 13.9. The number of carbonyl (C=O) groups is 1. The molecule has 1 unspecified atom stereocenters. The van der Waals surface area contributed by atoms with Crippen LogP contribution >= 0.6 is 15.9 Å². The first-order chi connectivity index (χ1) is 10.4. The number of nitrogens with zero attached hydrogens (tertiary/aromatic N) is 1. The van der Waals surface area contributed by atoms with E-state index in [0.29, 0.717) is 12.1 Å². The molecule has 1 atom stereocenters. The molecule has 0 bridgehead atoms. The molecule has 2 nitrogen and oxygen atoms in total. The second kappa shape index (κ2) is 5.80. The Kier molecular flexibility index (Phi) is 4.00. The Balaban J connectivity index is 1.88. The van der Waals surface area contributed by atoms with Crippen LogP contribution in [0.5, 0.6) is 0 Å². The number of halogens is 3. The fraction of sp³-hybridized carbons (Fsp3) is 0.235. The van der Waals surface area contributed by atoms with Crippen LogP contribution < -0.4 is 4.90 Å². The predicted molar refractivity (Wildman–Crippen MR) is 84.9 cm³/mol. The van der Waals surface area contributed by atoms with E-state index in [4.69, 9.17) is 0 Å². The van der Waals surface area contributed by atoms with Gasteiger partial charge in [0.25, 0.3) is 0 Å². The second-order valence-corrected chi connectivity index (χ2v) is 6.40. The van der Waals surface area contributed by atoms with Crippen LogP contribution in [-0.2, 0) is 4.79 Å². The first-order valence-electron chi connectivity index (χ1n) is 6.96. The van der Waals surface area contributed by atoms with E-state index < -0.39 is 11.6 Å². The van der Waals surface area contributed by atoms with Gasteiger partial charge in [-0.15, -0.1) is 0 Å². The molecular weight excluding hydrogens is 352 g/mol. The summed E-state index contributed by atoms with van der Waals surface area (Å²) in [6.45, 7) is 2.39. The van der Waals surface area contributed by atoms with Crippen LogP contribution in [0.3, 0.4) is 0 Å². The maximum Gasteiger partial charge on any atom is 0.227 e. The van der Waals surface area contributed by atoms with Crippen molar-refractivity contribution in [3.05, 3.63) is 63.6 Å². The fourth-order valence-corrected chi connectivity index (χ4v) is 3.03. The minimum atomic E-state index is -0.611. The average molecular weight is 366 g/mol. The van der Waals surface area contributed by atoms with E-state index in [0.717, 1.165) is 21.8 Å². The van der Waals surface area contributed by atoms with Crippen LogP contribution in [0.2, 0.25) is 0 Å². The molecule has 0 radical (unpaired) electrons. The highest BCUT2D eigenvalue weighted by molar-refractivity contribution is 9.10. The Morgan fingerprint density at radius 3 is 2.45 bits per heavy atom. The van der Waals surface area contributed by atoms with E-state index in [1.165, 1.54) is 12.1 Å². The van der Waals surface area contributed by atoms with Gasteiger partial charge in [-0.05, 0) is 48.4 Å². The van der Waals surface area contributed by atoms with Crippen molar-refractivity contribution in [2.24, 2.45) is 0 Å². The second-order valence-electron chi connectivity index (χ2n) is 5.54. The van der Waals surface area contributed by atoms with Gasteiger partial charge in [0, 0.05) is 35.1 Å². The van der Waals surface area contributed by atoms with E-state index in [1.807, 2.05) is 25.1 Å². The van der Waals surface area contributed by atoms with Crippen LogP contribution in [0.1, 0.15) is 23.5 Å². The smallest absolute Gasteiger partial charge is 0.227 e. The molecule has 114 valence electrons. The zero-order valence-corrected chi connectivity index (χ0v) is 13.5. The topological polar surface area (TPSA) is 20.3 Å². The number of benzene rings is 2. The molecule has 1 fully saturated rings. The summed E-state index contributed by atoms with van der Waals surface area (Å²) in [6.07, 6.45) is 0.262. The quantitative estimate of drug-likeness (QED) is 0.763. The number of anilines is 1. The third kappa shape index (κ3) is 2.90. The summed E-state index contributed by atoms with van der Waals surface area (Å²) in [6, 6.07) is 9.14. The van der Waals surface area contributed by atoms with Crippen LogP contribution in [0.4, 0.5) is 14.5 Å². The summed E-state index contributed by atoms with van der Waals surface area (Å²) in [7, 11) is 0. The molecule has 2 aromatic rings. The number of aryl methyl sites for hydroxylation is 1. The van der Waals surface area contributed by atoms with Crippen LogP contribution in [0.25, 0.3) is 0 Å². The molecule has 0 N–H and O–H groups in total. The van der Waals surface area contributed by atoms with Crippen molar-refractivity contribution < 1.29 is 13.6 Å². The summed E-state index contributed by atoms with van der Waals surface area (Å²) < 4.78 is 27.7. The van der Waals surface area contributed by atoms with Crippen molar-refractivity contribution in [3.63, 3.8) is 0 Å². The molecule has 1 heterocycles. The predicted octanol–water partition coefficient (Wildman–Crippen LogP) is 4.56. The van der Waals surface area contributed by atoms with Crippen molar-refractivity contribution in [2.75, 3.05) is 11.4 Å². The highest BCUT2D eigenvalue weighted by Gasteiger charge is 2.32. The van der Waals surface area contributed by atoms with Crippen LogP contribution in [0, 0.1) is 18.6 Å². The lowest BCUT2D eigenvalue weighted by molar-refractivity contribution is -0.117. The molecule has 0 aliphatic carbocycles. The molecule has 0 spiro atoms. The van der Waals surface area contributed by atoms with Gasteiger partial charge in [0.1, 0.15) is 11.6 Å². The third-order valence-electron chi connectivity index (χ3n) is 3.93. The van der Waals surface area contributed by atoms with Crippen molar-refractivity contribution in [3.8, 4) is 0 Å². The van der Waals surface area contributed by atoms with Gasteiger partial charge in [-0.25, -0.2) is 8.78 Å². The number of rotatable bonds is 2. The third-order valence-corrected chi connectivity index (χ3v) is 4.82. The molecule has 22 heavy (non-hydrogen) atoms. The normalized spacial score (nSPS) is 18.1. The van der Waals surface area contributed by atoms with E-state index in [-0.39, 0.29) is 18.2 Å². The van der Waals surface area contributed by atoms with Gasteiger partial charge in [0.15, 0.2) is 0 Å². The molecule has 1 aliphatic rings. The lowest BCUT2D eigenvalue weighted by atomic mass is 9.98. The zero-order chi connectivity index (χ0) is 15.9. The van der Waals surface area contributed by atoms with Crippen LogP contribution in [-0.4, -0.2) is 12.5 Å². The minimum Gasteiger partial charge on any atom is -0.312 e. The molecular formula is C17H14BrF2NO. The number of hydrogen-bond donors (Lipinski definition) is 0. The van der Waals surface area contributed by atoms with E-state index in [9.17, 15) is 13.6 Å². The van der Waals surface area contributed by atoms with Gasteiger partial charge < -0.3 is 4.90 Å². The molecule has 3 rings (SSSR count). The standard InChI is InChI=1S/C17H14BrF2NO/c1-10-4-15(2-3-16(10)18)21-9-12(7-17(21)22)11-5-13(19)8-14(20)6-11/h2-6,8,12H,7,9H2,1H3. The highest BCUT2D eigenvalue weighted by Crippen LogP contribution is 2.33. The Morgan fingerprint density at radius 1 is 1.14 bits per heavy atom. The van der Waals surface area contributed by atoms with Gasteiger partial charge in [0.2, 0.25) is 5.91 Å². The first-order valence-corrected chi connectivity index (χ1v) is 7.76. The Morgan fingerprint density at radius 2 is 1.82 bits per heavy atom. The van der Waals surface area contributed by atoms with Gasteiger partial charge in [-0.2, -0.15) is 0 Å². The Labute approximate surface area is 135 Å². The molecule has 0 saturated carbocycles. The molecule has 1 amide bonds. The average Bonchev–Trinajstić information content (AvgIpc) is 2.83. The van der Waals surface area contributed by atoms with Crippen molar-refractivity contribution in [1.29, 1.82) is 0 Å². The van der Waals surface area contributed by atoms with Gasteiger partial charge >= 0.3 is 0 Å². The summed E-state index contributed by atoms with van der Waals surface area (Å²) >= 11 is 3.43. The summed E-state index contributed by atoms with van der Waals surface area (Å²) in [5.74, 6) is -1.45. The number of carbonyl (C=O) groups excluding carboxylic acids is 1. The number of amides is 1. The van der Waals surface area contributed by atoms with Crippen LogP contribution in [0.15, 0.2) is 40.9 Å². The van der Waals surface area contributed by atoms with Crippen molar-refractivity contribution in [2.45, 2.75) is 19.3 Å². The number of hydrogen-bond acceptors (Lipinski definition) is 1. The lowest BCUT2D eigenvalue weighted by Crippen LogP contribution is -2.24. The molecule has 0 aromatic heterocycles. The van der Waals surface area contributed by atoms with Gasteiger partial charge in [-0.1, -0.05) is 15.9 Å². The van der Waals surface area contributed by atoms with E-state index in [1.54, 1.807) is 4.90 Å². The largest absolute Gasteiger partial charge is 0.312 e. The zero-order valence-electron chi connectivity index (χ0n) is 11.9. The lowest BCUT2D eigenvalue weighted by Gasteiger charge is -2.18. The van der Waals surface area contributed by atoms with Crippen molar-refractivity contribution in [1.82, 2.24) is 0 Å². The fourth-order valence-electron chi connectivity index (χ4n) is 2.79. The SMILES string of the molecule is Cc1cc(N2CC(c3cc(F)cc(F)c3)CC2=O)ccc1Br. The molecule has 1 saturated heterocycles. The van der Waals surface area contributed by atoms with Gasteiger partial charge in [-0.3, -0.25) is 4.79 Å². The highest BCUT2D eigenvalue weighted by atomic mass is 79.9. The summed E-state index contributed by atoms with van der Waals surface area (Å²) in [5, 5.41) is 0. The molecule has 5 heteroatoms. The monoisotopic (exact) mass is 365 g/mol. The summed E-state index contributed by atoms with van der Waals surface area (Å²) in [5.41, 5.74) is 2.37. The first kappa shape index (κ1) is 15.2. The van der Waals surface area contributed by atoms with Crippen molar-refractivity contribution >= 4 is 27.5 Å². The van der Waals surface area contributed by atoms with Gasteiger partial charge in [0.05, 0.1) is 0 Å². The van der Waals surface area contributed by atoms with E-state index >= 15 is 0 Å². The molecule has 2 aromatic carbocycles. The van der Waals surface area contributed by atoms with E-state index in [2.05, 4.69) is 15.9 Å². The maximum atomic E-state index is 13.4.